The van der Waals surface area contributed by atoms with E-state index >= 15 is 0 Å². The fourth-order valence-corrected chi connectivity index (χ4v) is 2.79. The van der Waals surface area contributed by atoms with Crippen LogP contribution in [0.1, 0.15) is 16.7 Å². The summed E-state index contributed by atoms with van der Waals surface area (Å²) in [6.45, 7) is 1.12. The second-order valence-corrected chi connectivity index (χ2v) is 5.33. The Hall–Kier alpha value is -0.880. The number of aliphatic hydroxyl groups is 1. The highest BCUT2D eigenvalue weighted by atomic mass is 35.5. The van der Waals surface area contributed by atoms with Gasteiger partial charge in [0, 0.05) is 18.4 Å². The van der Waals surface area contributed by atoms with Crippen LogP contribution in [0.15, 0.2) is 23.7 Å². The molecule has 0 aliphatic carbocycles. The molecule has 0 spiro atoms. The van der Waals surface area contributed by atoms with Crippen LogP contribution in [-0.4, -0.2) is 28.6 Å². The van der Waals surface area contributed by atoms with Crippen LogP contribution in [0, 0.1) is 0 Å². The Morgan fingerprint density at radius 2 is 2.44 bits per heavy atom. The molecular weight excluding hydrogens is 272 g/mol. The lowest BCUT2D eigenvalue weighted by atomic mass is 10.1. The third-order valence-electron chi connectivity index (χ3n) is 2.63. The second-order valence-electron chi connectivity index (χ2n) is 3.89. The van der Waals surface area contributed by atoms with Gasteiger partial charge in [0.05, 0.1) is 30.1 Å². The Bertz CT molecular complexity index is 484. The van der Waals surface area contributed by atoms with Crippen LogP contribution in [0.2, 0.25) is 5.02 Å². The van der Waals surface area contributed by atoms with E-state index in [0.29, 0.717) is 30.3 Å². The molecule has 2 heterocycles. The minimum Gasteiger partial charge on any atom is -0.386 e. The van der Waals surface area contributed by atoms with E-state index in [4.69, 9.17) is 16.3 Å². The van der Waals surface area contributed by atoms with E-state index in [2.05, 4.69) is 5.10 Å². The maximum absolute atomic E-state index is 10.3. The number of hydrogen-bond acceptors (Lipinski definition) is 4. The molecule has 0 aliphatic rings. The molecule has 2 aromatic heterocycles. The third-order valence-corrected chi connectivity index (χ3v) is 3.82. The zero-order chi connectivity index (χ0) is 13.0. The highest BCUT2D eigenvalue weighted by molar-refractivity contribution is 7.09. The van der Waals surface area contributed by atoms with E-state index in [0.717, 1.165) is 4.88 Å². The topological polar surface area (TPSA) is 47.3 Å². The monoisotopic (exact) mass is 286 g/mol. The van der Waals surface area contributed by atoms with Crippen molar-refractivity contribution in [2.45, 2.75) is 19.1 Å². The van der Waals surface area contributed by atoms with Gasteiger partial charge in [-0.05, 0) is 11.4 Å². The molecule has 18 heavy (non-hydrogen) atoms. The summed E-state index contributed by atoms with van der Waals surface area (Å²) in [5, 5.41) is 16.9. The van der Waals surface area contributed by atoms with Gasteiger partial charge in [0.2, 0.25) is 0 Å². The van der Waals surface area contributed by atoms with Crippen LogP contribution in [0.5, 0.6) is 0 Å². The smallest absolute Gasteiger partial charge is 0.102 e. The summed E-state index contributed by atoms with van der Waals surface area (Å²) in [4.78, 5) is 1.12. The number of rotatable bonds is 6. The van der Waals surface area contributed by atoms with Gasteiger partial charge in [0.15, 0.2) is 0 Å². The Kier molecular flexibility index (Phi) is 4.77. The SMILES string of the molecule is COCCn1ncc(Cl)c1C(O)Cc1cccs1. The molecule has 1 unspecified atom stereocenters. The van der Waals surface area contributed by atoms with Crippen molar-refractivity contribution in [1.82, 2.24) is 9.78 Å². The Morgan fingerprint density at radius 3 is 3.11 bits per heavy atom. The first-order chi connectivity index (χ1) is 8.72. The first-order valence-electron chi connectivity index (χ1n) is 5.63. The van der Waals surface area contributed by atoms with Crippen molar-refractivity contribution in [3.05, 3.63) is 39.3 Å². The summed E-state index contributed by atoms with van der Waals surface area (Å²) in [6, 6.07) is 3.97. The number of nitrogens with zero attached hydrogens (tertiary/aromatic N) is 2. The zero-order valence-corrected chi connectivity index (χ0v) is 11.6. The van der Waals surface area contributed by atoms with E-state index in [1.807, 2.05) is 17.5 Å². The highest BCUT2D eigenvalue weighted by Gasteiger charge is 2.18. The molecule has 0 amide bonds. The Morgan fingerprint density at radius 1 is 1.61 bits per heavy atom. The van der Waals surface area contributed by atoms with E-state index in [-0.39, 0.29) is 0 Å². The maximum atomic E-state index is 10.3. The molecule has 0 radical (unpaired) electrons. The first kappa shape index (κ1) is 13.5. The fourth-order valence-electron chi connectivity index (χ4n) is 1.78. The molecule has 6 heteroatoms. The second kappa shape index (κ2) is 6.33. The van der Waals surface area contributed by atoms with Gasteiger partial charge in [-0.3, -0.25) is 4.68 Å². The number of thiophene rings is 1. The summed E-state index contributed by atoms with van der Waals surface area (Å²) in [6.07, 6.45) is 1.47. The van der Waals surface area contributed by atoms with Crippen LogP contribution in [0.25, 0.3) is 0 Å². The predicted octanol–water partition coefficient (Wildman–Crippen LogP) is 2.52. The van der Waals surface area contributed by atoms with Crippen LogP contribution >= 0.6 is 22.9 Å². The average Bonchev–Trinajstić information content (AvgIpc) is 2.96. The van der Waals surface area contributed by atoms with E-state index < -0.39 is 6.10 Å². The number of methoxy groups -OCH3 is 1. The van der Waals surface area contributed by atoms with Crippen LogP contribution in [-0.2, 0) is 17.7 Å². The number of aromatic nitrogens is 2. The van der Waals surface area contributed by atoms with Crippen molar-refractivity contribution >= 4 is 22.9 Å². The van der Waals surface area contributed by atoms with Crippen molar-refractivity contribution in [2.24, 2.45) is 0 Å². The summed E-state index contributed by atoms with van der Waals surface area (Å²) in [5.41, 5.74) is 0.655. The minimum atomic E-state index is -0.643. The number of ether oxygens (including phenoxy) is 1. The molecule has 1 N–H and O–H groups in total. The lowest BCUT2D eigenvalue weighted by molar-refractivity contribution is 0.154. The first-order valence-corrected chi connectivity index (χ1v) is 6.88. The van der Waals surface area contributed by atoms with Gasteiger partial charge in [0.1, 0.15) is 6.10 Å². The summed E-state index contributed by atoms with van der Waals surface area (Å²) in [7, 11) is 1.63. The van der Waals surface area contributed by atoms with Crippen molar-refractivity contribution in [3.63, 3.8) is 0 Å². The van der Waals surface area contributed by atoms with E-state index in [1.165, 1.54) is 0 Å². The minimum absolute atomic E-state index is 0.496. The van der Waals surface area contributed by atoms with Crippen LogP contribution in [0.3, 0.4) is 0 Å². The molecule has 0 bridgehead atoms. The van der Waals surface area contributed by atoms with Gasteiger partial charge >= 0.3 is 0 Å². The van der Waals surface area contributed by atoms with E-state index in [1.54, 1.807) is 29.3 Å². The molecule has 98 valence electrons. The number of halogens is 1. The highest BCUT2D eigenvalue weighted by Crippen LogP contribution is 2.26. The largest absolute Gasteiger partial charge is 0.386 e. The van der Waals surface area contributed by atoms with Gasteiger partial charge in [-0.15, -0.1) is 11.3 Å². The number of aliphatic hydroxyl groups excluding tert-OH is 1. The zero-order valence-electron chi connectivity index (χ0n) is 10.0. The maximum Gasteiger partial charge on any atom is 0.102 e. The standard InChI is InChI=1S/C12H15ClN2O2S/c1-17-5-4-15-12(10(13)8-14-15)11(16)7-9-3-2-6-18-9/h2-3,6,8,11,16H,4-5,7H2,1H3. The van der Waals surface area contributed by atoms with Crippen molar-refractivity contribution < 1.29 is 9.84 Å². The quantitative estimate of drug-likeness (QED) is 0.888. The van der Waals surface area contributed by atoms with Crippen LogP contribution < -0.4 is 0 Å². The van der Waals surface area contributed by atoms with Gasteiger partial charge in [-0.2, -0.15) is 5.10 Å². The molecule has 1 atom stereocenters. The predicted molar refractivity (Wildman–Crippen MR) is 72.1 cm³/mol. The summed E-state index contributed by atoms with van der Waals surface area (Å²) >= 11 is 7.70. The molecule has 0 aliphatic heterocycles. The lowest BCUT2D eigenvalue weighted by Gasteiger charge is -2.13. The molecule has 4 nitrogen and oxygen atoms in total. The van der Waals surface area contributed by atoms with Crippen LogP contribution in [0.4, 0.5) is 0 Å². The number of hydrogen-bond donors (Lipinski definition) is 1. The third kappa shape index (κ3) is 3.11. The molecule has 0 fully saturated rings. The Labute approximate surface area is 115 Å². The molecule has 2 rings (SSSR count). The fraction of sp³-hybridized carbons (Fsp3) is 0.417. The lowest BCUT2D eigenvalue weighted by Crippen LogP contribution is -2.14. The average molecular weight is 287 g/mol. The van der Waals surface area contributed by atoms with Crippen molar-refractivity contribution in [3.8, 4) is 0 Å². The van der Waals surface area contributed by atoms with Gasteiger partial charge in [-0.25, -0.2) is 0 Å². The van der Waals surface area contributed by atoms with Crippen molar-refractivity contribution in [1.29, 1.82) is 0 Å². The molecule has 0 saturated carbocycles. The normalized spacial score (nSPS) is 12.8. The van der Waals surface area contributed by atoms with Gasteiger partial charge in [-0.1, -0.05) is 17.7 Å². The summed E-state index contributed by atoms with van der Waals surface area (Å²) in [5.74, 6) is 0. The molecule has 0 saturated heterocycles. The van der Waals surface area contributed by atoms with Gasteiger partial charge < -0.3 is 9.84 Å². The van der Waals surface area contributed by atoms with E-state index in [9.17, 15) is 5.11 Å². The molecular formula is C12H15ClN2O2S. The molecule has 0 aromatic carbocycles. The Balaban J connectivity index is 2.13. The molecule has 2 aromatic rings. The van der Waals surface area contributed by atoms with Gasteiger partial charge in [0.25, 0.3) is 0 Å². The van der Waals surface area contributed by atoms with Crippen molar-refractivity contribution in [2.75, 3.05) is 13.7 Å². The summed E-state index contributed by atoms with van der Waals surface area (Å²) < 4.78 is 6.71.